The number of carbonyl (C=O) groups excluding carboxylic acids is 2. The average Bonchev–Trinajstić information content (AvgIpc) is 3.19. The van der Waals surface area contributed by atoms with Crippen molar-refractivity contribution in [3.63, 3.8) is 0 Å². The Kier molecular flexibility index (Phi) is 5.58. The molecule has 1 aromatic heterocycles. The van der Waals surface area contributed by atoms with Crippen LogP contribution in [0.3, 0.4) is 0 Å². The van der Waals surface area contributed by atoms with Crippen LogP contribution >= 0.6 is 11.6 Å². The predicted octanol–water partition coefficient (Wildman–Crippen LogP) is 1.46. The van der Waals surface area contributed by atoms with Crippen molar-refractivity contribution < 1.29 is 19.2 Å². The summed E-state index contributed by atoms with van der Waals surface area (Å²) in [7, 11) is 0. The van der Waals surface area contributed by atoms with Crippen LogP contribution in [0.5, 0.6) is 0 Å². The van der Waals surface area contributed by atoms with E-state index in [1.165, 1.54) is 4.90 Å². The van der Waals surface area contributed by atoms with E-state index in [4.69, 9.17) is 16.1 Å². The van der Waals surface area contributed by atoms with Crippen molar-refractivity contribution >= 4 is 23.4 Å². The summed E-state index contributed by atoms with van der Waals surface area (Å²) >= 11 is 5.84. The van der Waals surface area contributed by atoms with Gasteiger partial charge < -0.3 is 19.8 Å². The van der Waals surface area contributed by atoms with Gasteiger partial charge in [-0.3, -0.25) is 9.59 Å². The number of nitrogens with zero attached hydrogens (tertiary/aromatic N) is 2. The first-order valence-corrected chi connectivity index (χ1v) is 8.72. The smallest absolute Gasteiger partial charge is 0.243 e. The fraction of sp³-hybridized carbons (Fsp3) is 0.389. The van der Waals surface area contributed by atoms with E-state index in [0.29, 0.717) is 23.0 Å². The maximum Gasteiger partial charge on any atom is 0.243 e. The Balaban J connectivity index is 1.61. The van der Waals surface area contributed by atoms with Gasteiger partial charge in [0, 0.05) is 30.6 Å². The van der Waals surface area contributed by atoms with Gasteiger partial charge in [0.05, 0.1) is 18.2 Å². The van der Waals surface area contributed by atoms with Crippen LogP contribution in [-0.2, 0) is 22.6 Å². The number of likely N-dealkylation sites (tertiary alicyclic amines) is 1. The van der Waals surface area contributed by atoms with Crippen LogP contribution in [0.2, 0.25) is 5.02 Å². The molecule has 7 nitrogen and oxygen atoms in total. The topological polar surface area (TPSA) is 95.7 Å². The van der Waals surface area contributed by atoms with Crippen molar-refractivity contribution in [3.05, 3.63) is 52.4 Å². The summed E-state index contributed by atoms with van der Waals surface area (Å²) < 4.78 is 5.06. The summed E-state index contributed by atoms with van der Waals surface area (Å²) in [5.74, 6) is -0.128. The number of hydrogen-bond acceptors (Lipinski definition) is 5. The van der Waals surface area contributed by atoms with Crippen molar-refractivity contribution in [2.75, 3.05) is 6.54 Å². The van der Waals surface area contributed by atoms with E-state index in [9.17, 15) is 14.7 Å². The van der Waals surface area contributed by atoms with E-state index >= 15 is 0 Å². The molecule has 1 aromatic carbocycles. The molecule has 2 aromatic rings. The molecule has 26 heavy (non-hydrogen) atoms. The number of benzene rings is 1. The quantitative estimate of drug-likeness (QED) is 0.822. The standard InChI is InChI=1S/C18H20ClN3O4/c1-11-6-15(26-21-11)8-17(24)22-10-14(23)7-16(22)18(25)20-9-12-2-4-13(19)5-3-12/h2-6,14,16,23H,7-10H2,1H3,(H,20,25)/t14?,16-/m0/s1. The fourth-order valence-electron chi connectivity index (χ4n) is 3.00. The van der Waals surface area contributed by atoms with Gasteiger partial charge in [0.25, 0.3) is 0 Å². The van der Waals surface area contributed by atoms with Crippen LogP contribution < -0.4 is 5.32 Å². The lowest BCUT2D eigenvalue weighted by Gasteiger charge is -2.23. The van der Waals surface area contributed by atoms with Crippen LogP contribution in [0.4, 0.5) is 0 Å². The number of nitrogens with one attached hydrogen (secondary N) is 1. The van der Waals surface area contributed by atoms with Gasteiger partial charge in [0.15, 0.2) is 0 Å². The van der Waals surface area contributed by atoms with E-state index in [0.717, 1.165) is 5.56 Å². The Morgan fingerprint density at radius 1 is 1.38 bits per heavy atom. The maximum absolute atomic E-state index is 12.5. The second-order valence-corrected chi connectivity index (χ2v) is 6.84. The summed E-state index contributed by atoms with van der Waals surface area (Å²) in [6, 6.07) is 8.12. The second-order valence-electron chi connectivity index (χ2n) is 6.41. The summed E-state index contributed by atoms with van der Waals surface area (Å²) in [6.45, 7) is 2.22. The van der Waals surface area contributed by atoms with Gasteiger partial charge >= 0.3 is 0 Å². The fourth-order valence-corrected chi connectivity index (χ4v) is 3.12. The lowest BCUT2D eigenvalue weighted by Crippen LogP contribution is -2.46. The molecule has 1 fully saturated rings. The predicted molar refractivity (Wildman–Crippen MR) is 94.4 cm³/mol. The van der Waals surface area contributed by atoms with E-state index in [1.807, 2.05) is 12.1 Å². The van der Waals surface area contributed by atoms with Crippen molar-refractivity contribution in [2.24, 2.45) is 0 Å². The normalized spacial score (nSPS) is 19.6. The summed E-state index contributed by atoms with van der Waals surface area (Å²) in [4.78, 5) is 26.5. The highest BCUT2D eigenvalue weighted by Crippen LogP contribution is 2.20. The van der Waals surface area contributed by atoms with Gasteiger partial charge in [0.2, 0.25) is 11.8 Å². The lowest BCUT2D eigenvalue weighted by atomic mass is 10.1. The third kappa shape index (κ3) is 4.42. The van der Waals surface area contributed by atoms with Gasteiger partial charge in [-0.15, -0.1) is 0 Å². The maximum atomic E-state index is 12.5. The van der Waals surface area contributed by atoms with Crippen LogP contribution in [0.25, 0.3) is 0 Å². The molecule has 0 radical (unpaired) electrons. The highest BCUT2D eigenvalue weighted by atomic mass is 35.5. The minimum atomic E-state index is -0.721. The number of rotatable bonds is 5. The first kappa shape index (κ1) is 18.4. The van der Waals surface area contributed by atoms with E-state index < -0.39 is 12.1 Å². The van der Waals surface area contributed by atoms with E-state index in [1.54, 1.807) is 25.1 Å². The zero-order valence-corrected chi connectivity index (χ0v) is 15.1. The Labute approximate surface area is 155 Å². The molecule has 3 rings (SSSR count). The van der Waals surface area contributed by atoms with E-state index in [-0.39, 0.29) is 31.2 Å². The highest BCUT2D eigenvalue weighted by Gasteiger charge is 2.38. The molecule has 2 heterocycles. The van der Waals surface area contributed by atoms with Crippen LogP contribution in [-0.4, -0.2) is 45.7 Å². The number of carbonyl (C=O) groups is 2. The number of amides is 2. The van der Waals surface area contributed by atoms with Gasteiger partial charge in [0.1, 0.15) is 11.8 Å². The van der Waals surface area contributed by atoms with Crippen molar-refractivity contribution in [3.8, 4) is 0 Å². The number of aromatic nitrogens is 1. The molecule has 2 atom stereocenters. The Bertz CT molecular complexity index is 790. The van der Waals surface area contributed by atoms with Crippen molar-refractivity contribution in [2.45, 2.75) is 38.5 Å². The molecule has 0 bridgehead atoms. The van der Waals surface area contributed by atoms with Crippen molar-refractivity contribution in [1.29, 1.82) is 0 Å². The van der Waals surface area contributed by atoms with Gasteiger partial charge in [-0.05, 0) is 24.6 Å². The molecule has 0 saturated carbocycles. The minimum Gasteiger partial charge on any atom is -0.391 e. The monoisotopic (exact) mass is 377 g/mol. The first-order chi connectivity index (χ1) is 12.4. The molecule has 1 aliphatic rings. The SMILES string of the molecule is Cc1cc(CC(=O)N2CC(O)C[C@H]2C(=O)NCc2ccc(Cl)cc2)on1. The Hall–Kier alpha value is -2.38. The molecule has 2 amide bonds. The largest absolute Gasteiger partial charge is 0.391 e. The molecular formula is C18H20ClN3O4. The highest BCUT2D eigenvalue weighted by molar-refractivity contribution is 6.30. The van der Waals surface area contributed by atoms with Crippen LogP contribution in [0.15, 0.2) is 34.9 Å². The van der Waals surface area contributed by atoms with Crippen LogP contribution in [0, 0.1) is 6.92 Å². The third-order valence-corrected chi connectivity index (χ3v) is 4.54. The van der Waals surface area contributed by atoms with Crippen LogP contribution in [0.1, 0.15) is 23.4 Å². The Morgan fingerprint density at radius 3 is 2.77 bits per heavy atom. The molecule has 0 aliphatic carbocycles. The molecule has 0 spiro atoms. The first-order valence-electron chi connectivity index (χ1n) is 8.34. The average molecular weight is 378 g/mol. The molecule has 1 saturated heterocycles. The molecule has 1 unspecified atom stereocenters. The number of β-amino-alcohol motifs (C(OH)–C–C–N with tert-alkyl or cyclic N) is 1. The number of aryl methyl sites for hydroxylation is 1. The zero-order valence-electron chi connectivity index (χ0n) is 14.3. The van der Waals surface area contributed by atoms with Gasteiger partial charge in [-0.2, -0.15) is 0 Å². The summed E-state index contributed by atoms with van der Waals surface area (Å²) in [5.41, 5.74) is 1.59. The van der Waals surface area contributed by atoms with Gasteiger partial charge in [-0.1, -0.05) is 28.9 Å². The molecular weight excluding hydrogens is 358 g/mol. The summed E-state index contributed by atoms with van der Waals surface area (Å²) in [6.07, 6.45) is -0.496. The number of aliphatic hydroxyl groups excluding tert-OH is 1. The molecule has 2 N–H and O–H groups in total. The van der Waals surface area contributed by atoms with Crippen molar-refractivity contribution in [1.82, 2.24) is 15.4 Å². The number of aliphatic hydroxyl groups is 1. The molecule has 8 heteroatoms. The number of halogens is 1. The minimum absolute atomic E-state index is 0.00846. The number of hydrogen-bond donors (Lipinski definition) is 2. The van der Waals surface area contributed by atoms with Gasteiger partial charge in [-0.25, -0.2) is 0 Å². The third-order valence-electron chi connectivity index (χ3n) is 4.28. The molecule has 1 aliphatic heterocycles. The Morgan fingerprint density at radius 2 is 2.12 bits per heavy atom. The molecule has 138 valence electrons. The second kappa shape index (κ2) is 7.88. The summed E-state index contributed by atoms with van der Waals surface area (Å²) in [5, 5.41) is 17.1. The lowest BCUT2D eigenvalue weighted by molar-refractivity contribution is -0.138. The zero-order chi connectivity index (χ0) is 18.7. The van der Waals surface area contributed by atoms with E-state index in [2.05, 4.69) is 10.5 Å².